The van der Waals surface area contributed by atoms with Crippen LogP contribution in [0.25, 0.3) is 10.6 Å². The van der Waals surface area contributed by atoms with Gasteiger partial charge in [0, 0.05) is 24.0 Å². The molecule has 1 saturated heterocycles. The van der Waals surface area contributed by atoms with Crippen LogP contribution in [0.3, 0.4) is 0 Å². The number of nitrogens with two attached hydrogens (primary N) is 1. The van der Waals surface area contributed by atoms with Crippen molar-refractivity contribution in [3.63, 3.8) is 0 Å². The van der Waals surface area contributed by atoms with E-state index in [9.17, 15) is 4.79 Å². The lowest BCUT2D eigenvalue weighted by Gasteiger charge is -2.30. The van der Waals surface area contributed by atoms with Crippen LogP contribution in [0.2, 0.25) is 0 Å². The number of carbonyl (C=O) groups excluding carboxylic acids is 1. The second-order valence-electron chi connectivity index (χ2n) is 6.37. The van der Waals surface area contributed by atoms with E-state index in [0.717, 1.165) is 48.0 Å². The zero-order valence-electron chi connectivity index (χ0n) is 13.9. The van der Waals surface area contributed by atoms with Gasteiger partial charge in [-0.2, -0.15) is 0 Å². The summed E-state index contributed by atoms with van der Waals surface area (Å²) in [6.07, 6.45) is 1.95. The first kappa shape index (κ1) is 16.4. The molecule has 1 aromatic carbocycles. The highest BCUT2D eigenvalue weighted by molar-refractivity contribution is 7.13. The van der Waals surface area contributed by atoms with Crippen molar-refractivity contribution >= 4 is 17.2 Å². The van der Waals surface area contributed by atoms with E-state index in [2.05, 4.69) is 4.98 Å². The van der Waals surface area contributed by atoms with Crippen LogP contribution in [0.1, 0.15) is 23.3 Å². The second-order valence-corrected chi connectivity index (χ2v) is 7.23. The number of benzene rings is 1. The normalized spacial score (nSPS) is 17.6. The van der Waals surface area contributed by atoms with Gasteiger partial charge >= 0.3 is 0 Å². The maximum atomic E-state index is 12.7. The fourth-order valence-corrected chi connectivity index (χ4v) is 4.01. The Kier molecular flexibility index (Phi) is 4.59. The minimum absolute atomic E-state index is 0.00974. The van der Waals surface area contributed by atoms with Crippen molar-refractivity contribution in [3.8, 4) is 22.1 Å². The molecule has 2 aliphatic rings. The first-order chi connectivity index (χ1) is 12.2. The second kappa shape index (κ2) is 7.01. The zero-order chi connectivity index (χ0) is 17.2. The van der Waals surface area contributed by atoms with Gasteiger partial charge in [0.05, 0.1) is 0 Å². The number of ether oxygens (including phenoxy) is 2. The number of hydrogen-bond acceptors (Lipinski definition) is 6. The predicted molar refractivity (Wildman–Crippen MR) is 96.2 cm³/mol. The molecule has 0 bridgehead atoms. The third kappa shape index (κ3) is 3.34. The summed E-state index contributed by atoms with van der Waals surface area (Å²) in [5.74, 6) is 2.03. The number of rotatable bonds is 3. The van der Waals surface area contributed by atoms with Crippen LogP contribution in [-0.4, -0.2) is 48.6 Å². The topological polar surface area (TPSA) is 77.7 Å². The summed E-state index contributed by atoms with van der Waals surface area (Å²) in [5, 5.41) is 2.65. The van der Waals surface area contributed by atoms with Gasteiger partial charge in [0.25, 0.3) is 5.91 Å². The number of likely N-dealkylation sites (tertiary alicyclic amines) is 1. The SMILES string of the molecule is NCC1CCN(C(=O)c2csc(-c3ccc4c(c3)OCCO4)n2)CC1. The van der Waals surface area contributed by atoms with E-state index in [-0.39, 0.29) is 5.91 Å². The monoisotopic (exact) mass is 359 g/mol. The molecule has 6 nitrogen and oxygen atoms in total. The molecule has 0 aliphatic carbocycles. The standard InChI is InChI=1S/C18H21N3O3S/c19-10-12-3-5-21(6-4-12)18(22)14-11-25-17(20-14)13-1-2-15-16(9-13)24-8-7-23-15/h1-2,9,11-12H,3-8,10,19H2. The van der Waals surface area contributed by atoms with Crippen molar-refractivity contribution in [1.29, 1.82) is 0 Å². The van der Waals surface area contributed by atoms with E-state index < -0.39 is 0 Å². The molecule has 25 heavy (non-hydrogen) atoms. The van der Waals surface area contributed by atoms with Crippen molar-refractivity contribution in [1.82, 2.24) is 9.88 Å². The van der Waals surface area contributed by atoms with Crippen LogP contribution in [0.15, 0.2) is 23.6 Å². The summed E-state index contributed by atoms with van der Waals surface area (Å²) < 4.78 is 11.2. The molecule has 1 aromatic heterocycles. The van der Waals surface area contributed by atoms with Crippen LogP contribution in [0.5, 0.6) is 11.5 Å². The number of aromatic nitrogens is 1. The van der Waals surface area contributed by atoms with Crippen LogP contribution < -0.4 is 15.2 Å². The molecule has 0 saturated carbocycles. The van der Waals surface area contributed by atoms with Crippen molar-refractivity contribution in [2.75, 3.05) is 32.8 Å². The molecular formula is C18H21N3O3S. The summed E-state index contributed by atoms with van der Waals surface area (Å²) >= 11 is 1.48. The van der Waals surface area contributed by atoms with Crippen LogP contribution in [0, 0.1) is 5.92 Å². The highest BCUT2D eigenvalue weighted by Crippen LogP contribution is 2.35. The van der Waals surface area contributed by atoms with Gasteiger partial charge < -0.3 is 20.1 Å². The average molecular weight is 359 g/mol. The van der Waals surface area contributed by atoms with Gasteiger partial charge in [-0.15, -0.1) is 11.3 Å². The molecule has 4 rings (SSSR count). The first-order valence-corrected chi connectivity index (χ1v) is 9.47. The molecule has 2 aliphatic heterocycles. The molecule has 132 valence electrons. The first-order valence-electron chi connectivity index (χ1n) is 8.59. The number of fused-ring (bicyclic) bond motifs is 1. The fraction of sp³-hybridized carbons (Fsp3) is 0.444. The zero-order valence-corrected chi connectivity index (χ0v) is 14.8. The van der Waals surface area contributed by atoms with Gasteiger partial charge in [0.2, 0.25) is 0 Å². The lowest BCUT2D eigenvalue weighted by Crippen LogP contribution is -2.40. The van der Waals surface area contributed by atoms with Gasteiger partial charge in [-0.05, 0) is 43.5 Å². The number of piperidine rings is 1. The third-order valence-corrected chi connectivity index (χ3v) is 5.64. The number of hydrogen-bond donors (Lipinski definition) is 1. The maximum absolute atomic E-state index is 12.7. The van der Waals surface area contributed by atoms with Crippen LogP contribution >= 0.6 is 11.3 Å². The lowest BCUT2D eigenvalue weighted by molar-refractivity contribution is 0.0688. The minimum Gasteiger partial charge on any atom is -0.486 e. The molecule has 2 aromatic rings. The Bertz CT molecular complexity index is 769. The lowest BCUT2D eigenvalue weighted by atomic mass is 9.97. The molecule has 3 heterocycles. The Hall–Kier alpha value is -2.12. The fourth-order valence-electron chi connectivity index (χ4n) is 3.21. The highest BCUT2D eigenvalue weighted by Gasteiger charge is 2.24. The molecule has 0 spiro atoms. The number of carbonyl (C=O) groups is 1. The number of nitrogens with zero attached hydrogens (tertiary/aromatic N) is 2. The van der Waals surface area contributed by atoms with Crippen molar-refractivity contribution < 1.29 is 14.3 Å². The van der Waals surface area contributed by atoms with E-state index in [1.807, 2.05) is 28.5 Å². The molecule has 7 heteroatoms. The Balaban J connectivity index is 1.49. The Morgan fingerprint density at radius 2 is 2.00 bits per heavy atom. The summed E-state index contributed by atoms with van der Waals surface area (Å²) in [6, 6.07) is 5.77. The van der Waals surface area contributed by atoms with Gasteiger partial charge in [-0.1, -0.05) is 0 Å². The minimum atomic E-state index is 0.00974. The molecule has 0 atom stereocenters. The van der Waals surface area contributed by atoms with E-state index in [1.165, 1.54) is 11.3 Å². The summed E-state index contributed by atoms with van der Waals surface area (Å²) in [5.41, 5.74) is 7.17. The van der Waals surface area contributed by atoms with E-state index >= 15 is 0 Å². The molecule has 2 N–H and O–H groups in total. The summed E-state index contributed by atoms with van der Waals surface area (Å²) in [7, 11) is 0. The molecule has 0 radical (unpaired) electrons. The third-order valence-electron chi connectivity index (χ3n) is 4.75. The van der Waals surface area contributed by atoms with Crippen LogP contribution in [0.4, 0.5) is 0 Å². The van der Waals surface area contributed by atoms with Crippen molar-refractivity contribution in [3.05, 3.63) is 29.3 Å². The van der Waals surface area contributed by atoms with Gasteiger partial charge in [0.15, 0.2) is 11.5 Å². The van der Waals surface area contributed by atoms with Gasteiger partial charge in [-0.3, -0.25) is 4.79 Å². The number of amides is 1. The molecular weight excluding hydrogens is 338 g/mol. The van der Waals surface area contributed by atoms with Crippen molar-refractivity contribution in [2.24, 2.45) is 11.7 Å². The number of thiazole rings is 1. The Morgan fingerprint density at radius 3 is 2.76 bits per heavy atom. The largest absolute Gasteiger partial charge is 0.486 e. The smallest absolute Gasteiger partial charge is 0.273 e. The van der Waals surface area contributed by atoms with Crippen LogP contribution in [-0.2, 0) is 0 Å². The highest BCUT2D eigenvalue weighted by atomic mass is 32.1. The van der Waals surface area contributed by atoms with Gasteiger partial charge in [0.1, 0.15) is 23.9 Å². The predicted octanol–water partition coefficient (Wildman–Crippen LogP) is 2.39. The Labute approximate surface area is 150 Å². The maximum Gasteiger partial charge on any atom is 0.273 e. The van der Waals surface area contributed by atoms with E-state index in [0.29, 0.717) is 31.4 Å². The molecule has 0 unspecified atom stereocenters. The molecule has 1 fully saturated rings. The summed E-state index contributed by atoms with van der Waals surface area (Å²) in [4.78, 5) is 19.1. The average Bonchev–Trinajstić information content (AvgIpc) is 3.17. The van der Waals surface area contributed by atoms with E-state index in [1.54, 1.807) is 0 Å². The van der Waals surface area contributed by atoms with E-state index in [4.69, 9.17) is 15.2 Å². The Morgan fingerprint density at radius 1 is 1.24 bits per heavy atom. The summed E-state index contributed by atoms with van der Waals surface area (Å²) in [6.45, 7) is 3.35. The molecule has 1 amide bonds. The quantitative estimate of drug-likeness (QED) is 0.910. The van der Waals surface area contributed by atoms with Gasteiger partial charge in [-0.25, -0.2) is 4.98 Å². The van der Waals surface area contributed by atoms with Crippen molar-refractivity contribution in [2.45, 2.75) is 12.8 Å².